The van der Waals surface area contributed by atoms with Gasteiger partial charge < -0.3 is 5.32 Å². The monoisotopic (exact) mass is 389 g/mol. The van der Waals surface area contributed by atoms with Crippen LogP contribution in [0.5, 0.6) is 0 Å². The van der Waals surface area contributed by atoms with Crippen LogP contribution in [0.1, 0.15) is 23.0 Å². The Bertz CT molecular complexity index is 624. The summed E-state index contributed by atoms with van der Waals surface area (Å²) in [4.78, 5) is 12.3. The van der Waals surface area contributed by atoms with Gasteiger partial charge in [-0.05, 0) is 47.2 Å². The molecule has 0 unspecified atom stereocenters. The summed E-state index contributed by atoms with van der Waals surface area (Å²) in [5, 5.41) is 7.72. The lowest BCUT2D eigenvalue weighted by molar-refractivity contribution is 0.102. The molecule has 1 heterocycles. The van der Waals surface area contributed by atoms with E-state index in [4.69, 9.17) is 11.6 Å². The molecule has 0 fully saturated rings. The number of carbonyl (C=O) groups excluding carboxylic acids is 1. The van der Waals surface area contributed by atoms with Crippen molar-refractivity contribution in [2.75, 3.05) is 5.32 Å². The van der Waals surface area contributed by atoms with E-state index in [0.717, 1.165) is 21.4 Å². The molecule has 0 aliphatic heterocycles. The van der Waals surface area contributed by atoms with Gasteiger partial charge in [0.25, 0.3) is 5.91 Å². The Morgan fingerprint density at radius 1 is 1.53 bits per heavy atom. The molecular formula is C13H13ClIN3O. The van der Waals surface area contributed by atoms with Gasteiger partial charge >= 0.3 is 0 Å². The molecule has 1 aromatic heterocycles. The number of hydrogen-bond acceptors (Lipinski definition) is 2. The average Bonchev–Trinajstić information content (AvgIpc) is 2.72. The predicted molar refractivity (Wildman–Crippen MR) is 84.7 cm³/mol. The highest BCUT2D eigenvalue weighted by Gasteiger charge is 2.14. The topological polar surface area (TPSA) is 46.9 Å². The van der Waals surface area contributed by atoms with Crippen LogP contribution in [0, 0.1) is 3.57 Å². The summed E-state index contributed by atoms with van der Waals surface area (Å²) in [7, 11) is 1.83. The Balaban J connectivity index is 2.27. The molecule has 6 heteroatoms. The maximum atomic E-state index is 12.3. The van der Waals surface area contributed by atoms with E-state index >= 15 is 0 Å². The van der Waals surface area contributed by atoms with Crippen molar-refractivity contribution in [3.8, 4) is 0 Å². The van der Waals surface area contributed by atoms with E-state index in [1.165, 1.54) is 0 Å². The maximum Gasteiger partial charge on any atom is 0.256 e. The fraction of sp³-hybridized carbons (Fsp3) is 0.231. The fourth-order valence-corrected chi connectivity index (χ4v) is 2.51. The van der Waals surface area contributed by atoms with Gasteiger partial charge in [0.15, 0.2) is 0 Å². The quantitative estimate of drug-likeness (QED) is 0.817. The SMILES string of the molecule is CCc1nn(C)cc1NC(=O)c1cc(Cl)ccc1I. The lowest BCUT2D eigenvalue weighted by atomic mass is 10.2. The normalized spacial score (nSPS) is 10.5. The Labute approximate surface area is 130 Å². The minimum Gasteiger partial charge on any atom is -0.319 e. The summed E-state index contributed by atoms with van der Waals surface area (Å²) in [5.41, 5.74) is 2.18. The summed E-state index contributed by atoms with van der Waals surface area (Å²) in [6.45, 7) is 2.00. The minimum absolute atomic E-state index is 0.172. The minimum atomic E-state index is -0.172. The average molecular weight is 390 g/mol. The molecule has 4 nitrogen and oxygen atoms in total. The molecule has 100 valence electrons. The van der Waals surface area contributed by atoms with E-state index in [1.54, 1.807) is 23.0 Å². The van der Waals surface area contributed by atoms with Gasteiger partial charge in [0.1, 0.15) is 0 Å². The van der Waals surface area contributed by atoms with Crippen LogP contribution in [0.25, 0.3) is 0 Å². The Kier molecular flexibility index (Phi) is 4.46. The first-order valence-electron chi connectivity index (χ1n) is 5.80. The van der Waals surface area contributed by atoms with Gasteiger partial charge in [-0.1, -0.05) is 18.5 Å². The van der Waals surface area contributed by atoms with Crippen LogP contribution in [0.15, 0.2) is 24.4 Å². The molecule has 0 aliphatic rings. The molecule has 0 bridgehead atoms. The van der Waals surface area contributed by atoms with E-state index in [1.807, 2.05) is 20.0 Å². The first-order chi connectivity index (χ1) is 9.01. The number of rotatable bonds is 3. The molecule has 2 rings (SSSR count). The van der Waals surface area contributed by atoms with Crippen molar-refractivity contribution in [2.24, 2.45) is 7.05 Å². The molecule has 1 amide bonds. The van der Waals surface area contributed by atoms with E-state index in [2.05, 4.69) is 33.0 Å². The molecule has 1 N–H and O–H groups in total. The standard InChI is InChI=1S/C13H13ClIN3O/c1-3-11-12(7-18(2)17-11)16-13(19)9-6-8(14)4-5-10(9)15/h4-7H,3H2,1-2H3,(H,16,19). The zero-order valence-electron chi connectivity index (χ0n) is 10.6. The molecule has 0 spiro atoms. The summed E-state index contributed by atoms with van der Waals surface area (Å²) in [6, 6.07) is 5.25. The Morgan fingerprint density at radius 2 is 2.26 bits per heavy atom. The molecule has 0 atom stereocenters. The van der Waals surface area contributed by atoms with Crippen molar-refractivity contribution in [3.63, 3.8) is 0 Å². The second kappa shape index (κ2) is 5.92. The molecule has 19 heavy (non-hydrogen) atoms. The van der Waals surface area contributed by atoms with E-state index in [0.29, 0.717) is 10.6 Å². The highest BCUT2D eigenvalue weighted by atomic mass is 127. The molecular weight excluding hydrogens is 377 g/mol. The van der Waals surface area contributed by atoms with Gasteiger partial charge in [-0.15, -0.1) is 0 Å². The molecule has 2 aromatic rings. The van der Waals surface area contributed by atoms with Gasteiger partial charge in [-0.25, -0.2) is 0 Å². The molecule has 1 aromatic carbocycles. The Morgan fingerprint density at radius 3 is 2.95 bits per heavy atom. The third-order valence-corrected chi connectivity index (χ3v) is 3.84. The highest BCUT2D eigenvalue weighted by molar-refractivity contribution is 14.1. The molecule has 0 aliphatic carbocycles. The van der Waals surface area contributed by atoms with Crippen LogP contribution in [0.3, 0.4) is 0 Å². The van der Waals surface area contributed by atoms with Crippen LogP contribution in [0.2, 0.25) is 5.02 Å². The van der Waals surface area contributed by atoms with Crippen molar-refractivity contribution in [1.29, 1.82) is 0 Å². The number of benzene rings is 1. The van der Waals surface area contributed by atoms with Crippen LogP contribution in [-0.2, 0) is 13.5 Å². The zero-order chi connectivity index (χ0) is 14.0. The zero-order valence-corrected chi connectivity index (χ0v) is 13.5. The van der Waals surface area contributed by atoms with Gasteiger partial charge in [-0.3, -0.25) is 9.48 Å². The van der Waals surface area contributed by atoms with E-state index < -0.39 is 0 Å². The summed E-state index contributed by atoms with van der Waals surface area (Å²) in [6.07, 6.45) is 2.57. The Hall–Kier alpha value is -1.08. The van der Waals surface area contributed by atoms with Crippen molar-refractivity contribution in [1.82, 2.24) is 9.78 Å². The number of aromatic nitrogens is 2. The number of amides is 1. The van der Waals surface area contributed by atoms with Crippen LogP contribution in [0.4, 0.5) is 5.69 Å². The van der Waals surface area contributed by atoms with Crippen molar-refractivity contribution < 1.29 is 4.79 Å². The van der Waals surface area contributed by atoms with Crippen molar-refractivity contribution in [3.05, 3.63) is 44.2 Å². The van der Waals surface area contributed by atoms with E-state index in [9.17, 15) is 4.79 Å². The molecule has 0 saturated carbocycles. The van der Waals surface area contributed by atoms with Gasteiger partial charge in [-0.2, -0.15) is 5.10 Å². The maximum absolute atomic E-state index is 12.3. The third kappa shape index (κ3) is 3.27. The number of halogens is 2. The van der Waals surface area contributed by atoms with Crippen molar-refractivity contribution in [2.45, 2.75) is 13.3 Å². The van der Waals surface area contributed by atoms with Gasteiger partial charge in [0, 0.05) is 21.8 Å². The lowest BCUT2D eigenvalue weighted by Crippen LogP contribution is -2.14. The smallest absolute Gasteiger partial charge is 0.256 e. The summed E-state index contributed by atoms with van der Waals surface area (Å²) < 4.78 is 2.55. The summed E-state index contributed by atoms with van der Waals surface area (Å²) >= 11 is 8.04. The second-order valence-corrected chi connectivity index (χ2v) is 5.69. The number of nitrogens with zero attached hydrogens (tertiary/aromatic N) is 2. The molecule has 0 radical (unpaired) electrons. The number of aryl methyl sites for hydroxylation is 2. The number of carbonyl (C=O) groups is 1. The summed E-state index contributed by atoms with van der Waals surface area (Å²) in [5.74, 6) is -0.172. The van der Waals surface area contributed by atoms with Gasteiger partial charge in [0.05, 0.1) is 16.9 Å². The molecule has 0 saturated heterocycles. The third-order valence-electron chi connectivity index (χ3n) is 2.66. The lowest BCUT2D eigenvalue weighted by Gasteiger charge is -2.06. The largest absolute Gasteiger partial charge is 0.319 e. The van der Waals surface area contributed by atoms with Crippen LogP contribution < -0.4 is 5.32 Å². The van der Waals surface area contributed by atoms with Crippen LogP contribution >= 0.6 is 34.2 Å². The fourth-order valence-electron chi connectivity index (χ4n) is 1.76. The first-order valence-corrected chi connectivity index (χ1v) is 7.26. The van der Waals surface area contributed by atoms with Crippen LogP contribution in [-0.4, -0.2) is 15.7 Å². The van der Waals surface area contributed by atoms with E-state index in [-0.39, 0.29) is 5.91 Å². The number of hydrogen-bond donors (Lipinski definition) is 1. The predicted octanol–water partition coefficient (Wildman–Crippen LogP) is 3.49. The number of anilines is 1. The second-order valence-electron chi connectivity index (χ2n) is 4.09. The number of nitrogens with one attached hydrogen (secondary N) is 1. The van der Waals surface area contributed by atoms with Gasteiger partial charge in [0.2, 0.25) is 0 Å². The first kappa shape index (κ1) is 14.3. The van der Waals surface area contributed by atoms with Crippen molar-refractivity contribution >= 4 is 45.8 Å². The highest BCUT2D eigenvalue weighted by Crippen LogP contribution is 2.20.